The highest BCUT2D eigenvalue weighted by atomic mass is 35.5. The van der Waals surface area contributed by atoms with Crippen molar-refractivity contribution in [1.82, 2.24) is 0 Å². The van der Waals surface area contributed by atoms with E-state index < -0.39 is 26.2 Å². The number of methoxy groups -OCH3 is 1. The van der Waals surface area contributed by atoms with Crippen LogP contribution in [0.2, 0.25) is 5.02 Å². The fourth-order valence-corrected chi connectivity index (χ4v) is 1.54. The quantitative estimate of drug-likeness (QED) is 0.648. The van der Waals surface area contributed by atoms with E-state index in [1.807, 2.05) is 0 Å². The van der Waals surface area contributed by atoms with Crippen LogP contribution >= 0.6 is 11.6 Å². The predicted octanol–water partition coefficient (Wildman–Crippen LogP) is 2.76. The summed E-state index contributed by atoms with van der Waals surface area (Å²) in [5.74, 6) is 0.295. The molecule has 0 aliphatic carbocycles. The van der Waals surface area contributed by atoms with Gasteiger partial charge in [-0.05, 0) is 6.07 Å². The van der Waals surface area contributed by atoms with Crippen LogP contribution in [-0.2, 0) is 11.3 Å². The normalized spacial score (nSPS) is 11.5. The molecule has 0 fully saturated rings. The zero-order chi connectivity index (χ0) is 14.5. The van der Waals surface area contributed by atoms with E-state index in [0.29, 0.717) is 10.6 Å². The molecule has 0 spiro atoms. The smallest absolute Gasteiger partial charge is 0.411 e. The summed E-state index contributed by atoms with van der Waals surface area (Å²) in [5.41, 5.74) is 0.292. The van der Waals surface area contributed by atoms with Gasteiger partial charge in [0.15, 0.2) is 18.3 Å². The Hall–Kier alpha value is -1.18. The van der Waals surface area contributed by atoms with Crippen molar-refractivity contribution in [3.05, 3.63) is 22.7 Å². The summed E-state index contributed by atoms with van der Waals surface area (Å²) in [4.78, 5) is 0. The van der Waals surface area contributed by atoms with Gasteiger partial charge in [0.1, 0.15) is 6.61 Å². The maximum absolute atomic E-state index is 11.9. The second-order valence-electron chi connectivity index (χ2n) is 3.48. The van der Waals surface area contributed by atoms with E-state index >= 15 is 0 Å². The van der Waals surface area contributed by atoms with Crippen molar-refractivity contribution in [2.75, 3.05) is 20.5 Å². The third-order valence-electron chi connectivity index (χ3n) is 2.04. The van der Waals surface area contributed by atoms with E-state index in [2.05, 4.69) is 4.74 Å². The summed E-state index contributed by atoms with van der Waals surface area (Å²) in [7, 11) is 1.34. The van der Waals surface area contributed by atoms with Crippen LogP contribution in [0.3, 0.4) is 0 Å². The number of alkyl halides is 3. The standard InChI is InChI=1S/C11H12ClF3O4/c1-17-9-3-8(12)2-7(4-16)10(9)19-6-18-5-11(13,14)15/h2-3,16H,4-6H2,1H3. The van der Waals surface area contributed by atoms with Crippen LogP contribution in [0.25, 0.3) is 0 Å². The van der Waals surface area contributed by atoms with Gasteiger partial charge in [0, 0.05) is 16.7 Å². The van der Waals surface area contributed by atoms with Gasteiger partial charge in [-0.3, -0.25) is 0 Å². The number of halogens is 4. The molecule has 1 aromatic rings. The molecule has 0 radical (unpaired) electrons. The zero-order valence-electron chi connectivity index (χ0n) is 9.96. The number of aliphatic hydroxyl groups is 1. The molecule has 0 saturated heterocycles. The monoisotopic (exact) mass is 300 g/mol. The van der Waals surface area contributed by atoms with E-state index in [-0.39, 0.29) is 11.5 Å². The minimum Gasteiger partial charge on any atom is -0.493 e. The molecule has 0 aromatic heterocycles. The molecule has 19 heavy (non-hydrogen) atoms. The molecule has 0 bridgehead atoms. The molecular formula is C11H12ClF3O4. The highest BCUT2D eigenvalue weighted by Gasteiger charge is 2.27. The van der Waals surface area contributed by atoms with Crippen molar-refractivity contribution < 1.29 is 32.5 Å². The lowest BCUT2D eigenvalue weighted by atomic mass is 10.2. The lowest BCUT2D eigenvalue weighted by Gasteiger charge is -2.15. The number of hydrogen-bond donors (Lipinski definition) is 1. The van der Waals surface area contributed by atoms with Gasteiger partial charge in [-0.15, -0.1) is 0 Å². The topological polar surface area (TPSA) is 47.9 Å². The number of hydrogen-bond acceptors (Lipinski definition) is 4. The minimum atomic E-state index is -4.42. The summed E-state index contributed by atoms with van der Waals surface area (Å²) in [6.45, 7) is -2.44. The minimum absolute atomic E-state index is 0.0941. The summed E-state index contributed by atoms with van der Waals surface area (Å²) < 4.78 is 49.9. The summed E-state index contributed by atoms with van der Waals surface area (Å²) in [5, 5.41) is 9.44. The Morgan fingerprint density at radius 3 is 2.53 bits per heavy atom. The van der Waals surface area contributed by atoms with E-state index in [4.69, 9.17) is 26.2 Å². The first-order valence-corrected chi connectivity index (χ1v) is 5.49. The fourth-order valence-electron chi connectivity index (χ4n) is 1.31. The van der Waals surface area contributed by atoms with Crippen LogP contribution in [-0.4, -0.2) is 31.8 Å². The molecule has 0 saturated carbocycles. The molecule has 0 aliphatic rings. The highest BCUT2D eigenvalue weighted by molar-refractivity contribution is 6.30. The number of rotatable bonds is 6. The molecule has 1 aromatic carbocycles. The predicted molar refractivity (Wildman–Crippen MR) is 61.4 cm³/mol. The second kappa shape index (κ2) is 6.83. The molecule has 108 valence electrons. The first kappa shape index (κ1) is 15.9. The molecule has 4 nitrogen and oxygen atoms in total. The second-order valence-corrected chi connectivity index (χ2v) is 3.92. The Kier molecular flexibility index (Phi) is 5.71. The van der Waals surface area contributed by atoms with Crippen LogP contribution in [0.15, 0.2) is 12.1 Å². The van der Waals surface area contributed by atoms with Gasteiger partial charge in [-0.1, -0.05) is 11.6 Å². The van der Waals surface area contributed by atoms with Crippen LogP contribution in [0.4, 0.5) is 13.2 Å². The lowest BCUT2D eigenvalue weighted by Crippen LogP contribution is -2.19. The third-order valence-corrected chi connectivity index (χ3v) is 2.26. The van der Waals surface area contributed by atoms with E-state index in [0.717, 1.165) is 0 Å². The molecule has 0 heterocycles. The number of aliphatic hydroxyl groups excluding tert-OH is 1. The Morgan fingerprint density at radius 2 is 2.00 bits per heavy atom. The lowest BCUT2D eigenvalue weighted by molar-refractivity contribution is -0.187. The molecule has 0 unspecified atom stereocenters. The van der Waals surface area contributed by atoms with Gasteiger partial charge in [-0.2, -0.15) is 13.2 Å². The van der Waals surface area contributed by atoms with Crippen molar-refractivity contribution in [1.29, 1.82) is 0 Å². The number of ether oxygens (including phenoxy) is 3. The summed E-state index contributed by atoms with van der Waals surface area (Å²) in [6, 6.07) is 2.84. The largest absolute Gasteiger partial charge is 0.493 e. The average molecular weight is 301 g/mol. The Bertz CT molecular complexity index is 398. The summed E-state index contributed by atoms with van der Waals surface area (Å²) in [6.07, 6.45) is -4.42. The van der Waals surface area contributed by atoms with Gasteiger partial charge in [-0.25, -0.2) is 0 Å². The molecule has 0 amide bonds. The van der Waals surface area contributed by atoms with Crippen LogP contribution in [0, 0.1) is 0 Å². The van der Waals surface area contributed by atoms with E-state index in [9.17, 15) is 13.2 Å². The van der Waals surface area contributed by atoms with Crippen molar-refractivity contribution in [2.45, 2.75) is 12.8 Å². The first-order valence-electron chi connectivity index (χ1n) is 5.12. The first-order chi connectivity index (χ1) is 8.87. The van der Waals surface area contributed by atoms with Gasteiger partial charge in [0.05, 0.1) is 13.7 Å². The maximum Gasteiger partial charge on any atom is 0.411 e. The molecule has 1 N–H and O–H groups in total. The number of benzene rings is 1. The Balaban J connectivity index is 2.71. The zero-order valence-corrected chi connectivity index (χ0v) is 10.7. The maximum atomic E-state index is 11.9. The SMILES string of the molecule is COc1cc(Cl)cc(CO)c1OCOCC(F)(F)F. The van der Waals surface area contributed by atoms with E-state index in [1.165, 1.54) is 19.2 Å². The Labute approximate surface area is 112 Å². The molecule has 8 heteroatoms. The summed E-state index contributed by atoms with van der Waals surface area (Å²) >= 11 is 5.77. The van der Waals surface area contributed by atoms with Gasteiger partial charge < -0.3 is 19.3 Å². The molecule has 0 aliphatic heterocycles. The van der Waals surface area contributed by atoms with Crippen LogP contribution in [0.5, 0.6) is 11.5 Å². The van der Waals surface area contributed by atoms with Crippen molar-refractivity contribution in [2.24, 2.45) is 0 Å². The van der Waals surface area contributed by atoms with E-state index in [1.54, 1.807) is 0 Å². The molecule has 1 rings (SSSR count). The molecular weight excluding hydrogens is 289 g/mol. The highest BCUT2D eigenvalue weighted by Crippen LogP contribution is 2.34. The fraction of sp³-hybridized carbons (Fsp3) is 0.455. The van der Waals surface area contributed by atoms with Crippen LogP contribution in [0.1, 0.15) is 5.56 Å². The van der Waals surface area contributed by atoms with Crippen molar-refractivity contribution in [3.63, 3.8) is 0 Å². The third kappa shape index (κ3) is 5.14. The molecule has 0 atom stereocenters. The van der Waals surface area contributed by atoms with Crippen LogP contribution < -0.4 is 9.47 Å². The Morgan fingerprint density at radius 1 is 1.32 bits per heavy atom. The van der Waals surface area contributed by atoms with Crippen molar-refractivity contribution in [3.8, 4) is 11.5 Å². The van der Waals surface area contributed by atoms with Gasteiger partial charge >= 0.3 is 6.18 Å². The van der Waals surface area contributed by atoms with Crippen molar-refractivity contribution >= 4 is 11.6 Å². The van der Waals surface area contributed by atoms with Gasteiger partial charge in [0.25, 0.3) is 0 Å². The average Bonchev–Trinajstić information content (AvgIpc) is 2.33. The van der Waals surface area contributed by atoms with Gasteiger partial charge in [0.2, 0.25) is 0 Å².